The minimum absolute atomic E-state index is 0.236. The molecule has 0 N–H and O–H groups in total. The van der Waals surface area contributed by atoms with Crippen LogP contribution in [0, 0.1) is 20.8 Å². The van der Waals surface area contributed by atoms with Gasteiger partial charge in [0.1, 0.15) is 0 Å². The van der Waals surface area contributed by atoms with Gasteiger partial charge in [0.05, 0.1) is 16.8 Å². The summed E-state index contributed by atoms with van der Waals surface area (Å²) in [5, 5.41) is 0. The molecule has 1 aliphatic rings. The molecule has 1 heterocycles. The second-order valence-electron chi connectivity index (χ2n) is 5.24. The molecule has 0 aliphatic carbocycles. The van der Waals surface area contributed by atoms with Gasteiger partial charge in [-0.3, -0.25) is 9.59 Å². The van der Waals surface area contributed by atoms with Crippen LogP contribution in [0.1, 0.15) is 37.4 Å². The van der Waals surface area contributed by atoms with Gasteiger partial charge in [-0.25, -0.2) is 4.90 Å². The molecule has 20 heavy (non-hydrogen) atoms. The predicted octanol–water partition coefficient (Wildman–Crippen LogP) is 3.41. The summed E-state index contributed by atoms with van der Waals surface area (Å²) in [5.74, 6) is -0.471. The number of rotatable bonds is 1. The maximum absolute atomic E-state index is 12.5. The topological polar surface area (TPSA) is 37.4 Å². The van der Waals surface area contributed by atoms with E-state index in [1.165, 1.54) is 4.90 Å². The molecular formula is C17H15NO2. The van der Waals surface area contributed by atoms with Gasteiger partial charge in [0.15, 0.2) is 0 Å². The summed E-state index contributed by atoms with van der Waals surface area (Å²) >= 11 is 0. The van der Waals surface area contributed by atoms with Crippen molar-refractivity contribution in [2.75, 3.05) is 4.90 Å². The van der Waals surface area contributed by atoms with E-state index >= 15 is 0 Å². The number of imide groups is 1. The van der Waals surface area contributed by atoms with Gasteiger partial charge in [-0.15, -0.1) is 0 Å². The second-order valence-corrected chi connectivity index (χ2v) is 5.24. The summed E-state index contributed by atoms with van der Waals surface area (Å²) < 4.78 is 0. The molecule has 0 aromatic heterocycles. The summed E-state index contributed by atoms with van der Waals surface area (Å²) in [6, 6.07) is 10.9. The molecule has 0 unspecified atom stereocenters. The zero-order valence-corrected chi connectivity index (χ0v) is 11.7. The maximum atomic E-state index is 12.5. The average Bonchev–Trinajstić information content (AvgIpc) is 2.64. The summed E-state index contributed by atoms with van der Waals surface area (Å²) in [5.41, 5.74) is 4.69. The molecule has 3 rings (SSSR count). The zero-order chi connectivity index (χ0) is 14.4. The van der Waals surface area contributed by atoms with Crippen molar-refractivity contribution in [3.8, 4) is 0 Å². The highest BCUT2D eigenvalue weighted by molar-refractivity contribution is 6.34. The first-order valence-electron chi connectivity index (χ1n) is 6.56. The van der Waals surface area contributed by atoms with Crippen LogP contribution in [-0.4, -0.2) is 11.8 Å². The number of hydrogen-bond acceptors (Lipinski definition) is 2. The van der Waals surface area contributed by atoms with Crippen LogP contribution in [0.15, 0.2) is 36.4 Å². The number of fused-ring (bicyclic) bond motifs is 1. The first-order chi connectivity index (χ1) is 9.50. The average molecular weight is 265 g/mol. The van der Waals surface area contributed by atoms with E-state index in [0.717, 1.165) is 16.7 Å². The number of hydrogen-bond donors (Lipinski definition) is 0. The monoisotopic (exact) mass is 265 g/mol. The van der Waals surface area contributed by atoms with Crippen molar-refractivity contribution in [1.29, 1.82) is 0 Å². The molecule has 2 aromatic rings. The normalized spacial score (nSPS) is 13.8. The second kappa shape index (κ2) is 4.30. The SMILES string of the molecule is Cc1cc(C)c(N2C(=O)c3ccccc3C2=O)c(C)c1. The fourth-order valence-electron chi connectivity index (χ4n) is 2.92. The maximum Gasteiger partial charge on any atom is 0.266 e. The van der Waals surface area contributed by atoms with Crippen LogP contribution >= 0.6 is 0 Å². The largest absolute Gasteiger partial charge is 0.268 e. The van der Waals surface area contributed by atoms with Gasteiger partial charge in [0.2, 0.25) is 0 Å². The molecule has 0 spiro atoms. The minimum Gasteiger partial charge on any atom is -0.268 e. The molecule has 1 aliphatic heterocycles. The quantitative estimate of drug-likeness (QED) is 0.741. The number of aryl methyl sites for hydroxylation is 3. The Morgan fingerprint density at radius 3 is 1.70 bits per heavy atom. The van der Waals surface area contributed by atoms with E-state index in [1.807, 2.05) is 32.9 Å². The highest BCUT2D eigenvalue weighted by Gasteiger charge is 2.37. The van der Waals surface area contributed by atoms with Crippen molar-refractivity contribution in [3.63, 3.8) is 0 Å². The van der Waals surface area contributed by atoms with E-state index in [1.54, 1.807) is 24.3 Å². The third-order valence-electron chi connectivity index (χ3n) is 3.65. The van der Waals surface area contributed by atoms with E-state index in [0.29, 0.717) is 16.8 Å². The predicted molar refractivity (Wildman–Crippen MR) is 78.2 cm³/mol. The van der Waals surface area contributed by atoms with E-state index in [9.17, 15) is 9.59 Å². The number of carbonyl (C=O) groups excluding carboxylic acids is 2. The lowest BCUT2D eigenvalue weighted by Gasteiger charge is -2.20. The third kappa shape index (κ3) is 1.67. The van der Waals surface area contributed by atoms with E-state index in [4.69, 9.17) is 0 Å². The third-order valence-corrected chi connectivity index (χ3v) is 3.65. The van der Waals surface area contributed by atoms with Crippen molar-refractivity contribution in [3.05, 3.63) is 64.2 Å². The number of nitrogens with zero attached hydrogens (tertiary/aromatic N) is 1. The molecule has 0 saturated carbocycles. The summed E-state index contributed by atoms with van der Waals surface area (Å²) in [6.45, 7) is 5.86. The van der Waals surface area contributed by atoms with Gasteiger partial charge >= 0.3 is 0 Å². The van der Waals surface area contributed by atoms with Gasteiger partial charge < -0.3 is 0 Å². The lowest BCUT2D eigenvalue weighted by molar-refractivity contribution is 0.0925. The lowest BCUT2D eigenvalue weighted by atomic mass is 10.0. The number of amides is 2. The molecule has 2 amide bonds. The van der Waals surface area contributed by atoms with Gasteiger partial charge in [-0.1, -0.05) is 29.8 Å². The summed E-state index contributed by atoms with van der Waals surface area (Å²) in [6.07, 6.45) is 0. The van der Waals surface area contributed by atoms with Gasteiger partial charge in [0.25, 0.3) is 11.8 Å². The van der Waals surface area contributed by atoms with E-state index < -0.39 is 0 Å². The van der Waals surface area contributed by atoms with Gasteiger partial charge in [0, 0.05) is 0 Å². The molecule has 0 saturated heterocycles. The molecule has 3 heteroatoms. The van der Waals surface area contributed by atoms with Crippen LogP contribution in [0.4, 0.5) is 5.69 Å². The van der Waals surface area contributed by atoms with Gasteiger partial charge in [-0.2, -0.15) is 0 Å². The van der Waals surface area contributed by atoms with Crippen molar-refractivity contribution in [1.82, 2.24) is 0 Å². The summed E-state index contributed by atoms with van der Waals surface area (Å²) in [4.78, 5) is 26.3. The Morgan fingerprint density at radius 1 is 0.800 bits per heavy atom. The zero-order valence-electron chi connectivity index (χ0n) is 11.7. The van der Waals surface area contributed by atoms with Crippen molar-refractivity contribution < 1.29 is 9.59 Å². The lowest BCUT2D eigenvalue weighted by Crippen LogP contribution is -2.30. The Labute approximate surface area is 117 Å². The molecule has 2 aromatic carbocycles. The van der Waals surface area contributed by atoms with Crippen LogP contribution in [0.3, 0.4) is 0 Å². The number of benzene rings is 2. The molecule has 0 radical (unpaired) electrons. The Bertz CT molecular complexity index is 688. The van der Waals surface area contributed by atoms with Gasteiger partial charge in [-0.05, 0) is 44.0 Å². The highest BCUT2D eigenvalue weighted by atomic mass is 16.2. The van der Waals surface area contributed by atoms with Crippen molar-refractivity contribution >= 4 is 17.5 Å². The Hall–Kier alpha value is -2.42. The van der Waals surface area contributed by atoms with Crippen LogP contribution in [0.2, 0.25) is 0 Å². The molecule has 0 fully saturated rings. The fourth-order valence-corrected chi connectivity index (χ4v) is 2.92. The molecule has 100 valence electrons. The number of carbonyl (C=O) groups is 2. The van der Waals surface area contributed by atoms with Crippen LogP contribution < -0.4 is 4.90 Å². The smallest absolute Gasteiger partial charge is 0.266 e. The van der Waals surface area contributed by atoms with Crippen molar-refractivity contribution in [2.24, 2.45) is 0 Å². The molecule has 0 atom stereocenters. The molecule has 3 nitrogen and oxygen atoms in total. The minimum atomic E-state index is -0.236. The molecule has 0 bridgehead atoms. The molecular weight excluding hydrogens is 250 g/mol. The van der Waals surface area contributed by atoms with Crippen LogP contribution in [-0.2, 0) is 0 Å². The van der Waals surface area contributed by atoms with Crippen LogP contribution in [0.25, 0.3) is 0 Å². The Balaban J connectivity index is 2.19. The fraction of sp³-hybridized carbons (Fsp3) is 0.176. The highest BCUT2D eigenvalue weighted by Crippen LogP contribution is 2.33. The van der Waals surface area contributed by atoms with E-state index in [-0.39, 0.29) is 11.8 Å². The number of anilines is 1. The van der Waals surface area contributed by atoms with Crippen LogP contribution in [0.5, 0.6) is 0 Å². The first kappa shape index (κ1) is 12.6. The Morgan fingerprint density at radius 2 is 1.25 bits per heavy atom. The van der Waals surface area contributed by atoms with E-state index in [2.05, 4.69) is 0 Å². The standard InChI is InChI=1S/C17H15NO2/c1-10-8-11(2)15(12(3)9-10)18-16(19)13-6-4-5-7-14(13)17(18)20/h4-9H,1-3H3. The summed E-state index contributed by atoms with van der Waals surface area (Å²) in [7, 11) is 0. The first-order valence-corrected chi connectivity index (χ1v) is 6.56. The van der Waals surface area contributed by atoms with Crippen molar-refractivity contribution in [2.45, 2.75) is 20.8 Å². The Kier molecular flexibility index (Phi) is 2.71.